The van der Waals surface area contributed by atoms with E-state index in [4.69, 9.17) is 10.5 Å². The molecule has 2 N–H and O–H groups in total. The van der Waals surface area contributed by atoms with E-state index in [1.165, 1.54) is 19.3 Å². The van der Waals surface area contributed by atoms with E-state index in [1.54, 1.807) is 0 Å². The highest BCUT2D eigenvalue weighted by Gasteiger charge is 2.46. The summed E-state index contributed by atoms with van der Waals surface area (Å²) in [5.41, 5.74) is 6.52. The van der Waals surface area contributed by atoms with Crippen LogP contribution in [0.15, 0.2) is 0 Å². The third-order valence-corrected chi connectivity index (χ3v) is 5.65. The van der Waals surface area contributed by atoms with Crippen molar-refractivity contribution in [1.29, 1.82) is 0 Å². The molecule has 1 saturated heterocycles. The summed E-state index contributed by atoms with van der Waals surface area (Å²) in [5, 5.41) is 0. The predicted molar refractivity (Wildman–Crippen MR) is 70.1 cm³/mol. The van der Waals surface area contributed by atoms with Gasteiger partial charge in [-0.3, -0.25) is 0 Å². The van der Waals surface area contributed by atoms with Crippen LogP contribution in [-0.2, 0) is 4.74 Å². The summed E-state index contributed by atoms with van der Waals surface area (Å²) in [6.07, 6.45) is 6.91. The van der Waals surface area contributed by atoms with Gasteiger partial charge in [0.2, 0.25) is 5.92 Å². The fourth-order valence-corrected chi connectivity index (χ4v) is 4.15. The van der Waals surface area contributed by atoms with Gasteiger partial charge in [0.1, 0.15) is 0 Å². The number of nitrogens with two attached hydrogens (primary N) is 1. The molecule has 0 aromatic carbocycles. The molecule has 2 nitrogen and oxygen atoms in total. The highest BCUT2D eigenvalue weighted by atomic mass is 19.3. The molecule has 0 radical (unpaired) electrons. The van der Waals surface area contributed by atoms with Crippen molar-refractivity contribution >= 4 is 0 Å². The first-order valence-electron chi connectivity index (χ1n) is 7.77. The first-order valence-corrected chi connectivity index (χ1v) is 7.77. The Labute approximate surface area is 114 Å². The van der Waals surface area contributed by atoms with Crippen LogP contribution in [0.5, 0.6) is 0 Å². The van der Waals surface area contributed by atoms with Crippen molar-refractivity contribution in [2.45, 2.75) is 75.4 Å². The van der Waals surface area contributed by atoms with Crippen LogP contribution in [0.4, 0.5) is 8.78 Å². The lowest BCUT2D eigenvalue weighted by atomic mass is 9.67. The van der Waals surface area contributed by atoms with Crippen LogP contribution in [0, 0.1) is 11.8 Å². The van der Waals surface area contributed by atoms with E-state index in [2.05, 4.69) is 0 Å². The van der Waals surface area contributed by atoms with E-state index in [-0.39, 0.29) is 24.5 Å². The summed E-state index contributed by atoms with van der Waals surface area (Å²) in [6, 6.07) is 0.0949. The maximum absolute atomic E-state index is 13.2. The van der Waals surface area contributed by atoms with Gasteiger partial charge in [-0.2, -0.15) is 0 Å². The number of halogens is 2. The minimum Gasteiger partial charge on any atom is -0.375 e. The summed E-state index contributed by atoms with van der Waals surface area (Å²) in [7, 11) is 0. The van der Waals surface area contributed by atoms with E-state index >= 15 is 0 Å². The monoisotopic (exact) mass is 273 g/mol. The average Bonchev–Trinajstić information content (AvgIpc) is 2.36. The van der Waals surface area contributed by atoms with E-state index in [1.807, 2.05) is 0 Å². The molecule has 2 unspecified atom stereocenters. The number of alkyl halides is 2. The Bertz CT molecular complexity index is 320. The maximum Gasteiger partial charge on any atom is 0.248 e. The Kier molecular flexibility index (Phi) is 3.59. The zero-order valence-corrected chi connectivity index (χ0v) is 11.5. The van der Waals surface area contributed by atoms with Crippen LogP contribution in [0.25, 0.3) is 0 Å². The molecule has 2 atom stereocenters. The lowest BCUT2D eigenvalue weighted by Crippen LogP contribution is -2.51. The van der Waals surface area contributed by atoms with Gasteiger partial charge in [0.05, 0.1) is 5.60 Å². The van der Waals surface area contributed by atoms with E-state index in [9.17, 15) is 8.78 Å². The first kappa shape index (κ1) is 13.7. The quantitative estimate of drug-likeness (QED) is 0.836. The van der Waals surface area contributed by atoms with E-state index in [0.29, 0.717) is 24.7 Å². The lowest BCUT2D eigenvalue weighted by Gasteiger charge is -2.49. The third-order valence-electron chi connectivity index (χ3n) is 5.65. The van der Waals surface area contributed by atoms with Crippen molar-refractivity contribution in [1.82, 2.24) is 0 Å². The largest absolute Gasteiger partial charge is 0.375 e. The molecule has 1 spiro atoms. The van der Waals surface area contributed by atoms with Crippen molar-refractivity contribution in [2.75, 3.05) is 6.61 Å². The van der Waals surface area contributed by atoms with Crippen molar-refractivity contribution < 1.29 is 13.5 Å². The summed E-state index contributed by atoms with van der Waals surface area (Å²) >= 11 is 0. The second-order valence-corrected chi connectivity index (χ2v) is 6.91. The minimum atomic E-state index is -2.44. The summed E-state index contributed by atoms with van der Waals surface area (Å²) in [5.74, 6) is -1.67. The molecular formula is C15H25F2NO. The van der Waals surface area contributed by atoms with Crippen LogP contribution >= 0.6 is 0 Å². The van der Waals surface area contributed by atoms with Crippen LogP contribution < -0.4 is 5.73 Å². The number of ether oxygens (including phenoxy) is 1. The Morgan fingerprint density at radius 3 is 2.26 bits per heavy atom. The maximum atomic E-state index is 13.2. The first-order chi connectivity index (χ1) is 9.00. The smallest absolute Gasteiger partial charge is 0.248 e. The fourth-order valence-electron chi connectivity index (χ4n) is 4.15. The zero-order valence-electron chi connectivity index (χ0n) is 11.5. The molecule has 19 heavy (non-hydrogen) atoms. The molecule has 3 fully saturated rings. The summed E-state index contributed by atoms with van der Waals surface area (Å²) in [4.78, 5) is 0. The van der Waals surface area contributed by atoms with E-state index < -0.39 is 5.92 Å². The van der Waals surface area contributed by atoms with Crippen LogP contribution in [0.2, 0.25) is 0 Å². The molecule has 2 saturated carbocycles. The highest BCUT2D eigenvalue weighted by Crippen LogP contribution is 2.47. The molecule has 1 aliphatic heterocycles. The zero-order chi connectivity index (χ0) is 13.5. The molecule has 3 rings (SSSR count). The second kappa shape index (κ2) is 4.96. The van der Waals surface area contributed by atoms with Crippen molar-refractivity contribution in [3.05, 3.63) is 0 Å². The molecule has 0 bridgehead atoms. The Hall–Kier alpha value is -0.220. The van der Waals surface area contributed by atoms with Gasteiger partial charge in [-0.15, -0.1) is 0 Å². The van der Waals surface area contributed by atoms with Crippen molar-refractivity contribution in [2.24, 2.45) is 17.6 Å². The van der Waals surface area contributed by atoms with Gasteiger partial charge in [-0.05, 0) is 56.8 Å². The Morgan fingerprint density at radius 1 is 1.00 bits per heavy atom. The van der Waals surface area contributed by atoms with Gasteiger partial charge in [0.15, 0.2) is 0 Å². The lowest BCUT2D eigenvalue weighted by molar-refractivity contribution is -0.149. The van der Waals surface area contributed by atoms with Gasteiger partial charge >= 0.3 is 0 Å². The summed E-state index contributed by atoms with van der Waals surface area (Å²) in [6.45, 7) is 0.807. The molecule has 110 valence electrons. The molecular weight excluding hydrogens is 248 g/mol. The van der Waals surface area contributed by atoms with Crippen molar-refractivity contribution in [3.8, 4) is 0 Å². The molecule has 4 heteroatoms. The normalized spacial score (nSPS) is 35.8. The molecule has 3 aliphatic rings. The average molecular weight is 273 g/mol. The Morgan fingerprint density at radius 2 is 1.68 bits per heavy atom. The van der Waals surface area contributed by atoms with Crippen LogP contribution in [-0.4, -0.2) is 24.2 Å². The standard InChI is InChI=1S/C15H25F2NO/c16-15(17)7-2-11(3-8-15)13(18)12-4-9-19-14(10-12)5-1-6-14/h11-13H,1-10,18H2. The highest BCUT2D eigenvalue weighted by molar-refractivity contribution is 4.97. The number of hydrogen-bond acceptors (Lipinski definition) is 2. The van der Waals surface area contributed by atoms with Crippen LogP contribution in [0.1, 0.15) is 57.8 Å². The van der Waals surface area contributed by atoms with Gasteiger partial charge in [0, 0.05) is 25.5 Å². The minimum absolute atomic E-state index is 0.0275. The molecule has 1 heterocycles. The van der Waals surface area contributed by atoms with Gasteiger partial charge in [0.25, 0.3) is 0 Å². The van der Waals surface area contributed by atoms with E-state index in [0.717, 1.165) is 19.4 Å². The molecule has 2 aliphatic carbocycles. The van der Waals surface area contributed by atoms with Crippen molar-refractivity contribution in [3.63, 3.8) is 0 Å². The predicted octanol–water partition coefficient (Wildman–Crippen LogP) is 3.49. The van der Waals surface area contributed by atoms with Gasteiger partial charge in [-0.25, -0.2) is 8.78 Å². The topological polar surface area (TPSA) is 35.2 Å². The Balaban J connectivity index is 1.56. The van der Waals surface area contributed by atoms with Gasteiger partial charge < -0.3 is 10.5 Å². The van der Waals surface area contributed by atoms with Gasteiger partial charge in [-0.1, -0.05) is 0 Å². The second-order valence-electron chi connectivity index (χ2n) is 6.91. The molecule has 0 aromatic heterocycles. The van der Waals surface area contributed by atoms with Crippen LogP contribution in [0.3, 0.4) is 0 Å². The fraction of sp³-hybridized carbons (Fsp3) is 1.00. The number of hydrogen-bond donors (Lipinski definition) is 1. The summed E-state index contributed by atoms with van der Waals surface area (Å²) < 4.78 is 32.3. The molecule has 0 aromatic rings. The number of rotatable bonds is 2. The SMILES string of the molecule is NC(C1CCC(F)(F)CC1)C1CCOC2(CCC2)C1. The third kappa shape index (κ3) is 2.80. The molecule has 0 amide bonds.